The summed E-state index contributed by atoms with van der Waals surface area (Å²) < 4.78 is 35.6. The Morgan fingerprint density at radius 1 is 0.377 bits per heavy atom. The Morgan fingerprint density at radius 2 is 0.585 bits per heavy atom. The molecular formula is C42H70O10Ti. The van der Waals surface area contributed by atoms with Crippen LogP contribution < -0.4 is 38.9 Å². The molecule has 0 aliphatic heterocycles. The molecule has 0 N–H and O–H groups in total. The van der Waals surface area contributed by atoms with E-state index < -0.39 is 11.2 Å². The van der Waals surface area contributed by atoms with Crippen LogP contribution in [0.2, 0.25) is 0 Å². The van der Waals surface area contributed by atoms with Crippen LogP contribution in [0.15, 0.2) is 24.3 Å². The predicted octanol–water partition coefficient (Wildman–Crippen LogP) is 9.50. The minimum absolute atomic E-state index is 0. The van der Waals surface area contributed by atoms with Crippen LogP contribution in [0.1, 0.15) is 157 Å². The quantitative estimate of drug-likeness (QED) is 0.0357. The molecule has 53 heavy (non-hydrogen) atoms. The molecule has 0 atom stereocenters. The molecule has 0 saturated heterocycles. The number of hydrogen-bond donors (Lipinski definition) is 0. The summed E-state index contributed by atoms with van der Waals surface area (Å²) in [6.45, 7) is 23.3. The van der Waals surface area contributed by atoms with Crippen LogP contribution in [0.5, 0.6) is 34.5 Å². The van der Waals surface area contributed by atoms with Gasteiger partial charge in [-0.1, -0.05) is 80.1 Å². The Hall–Kier alpha value is -2.21. The molecule has 0 unspecified atom stereocenters. The third kappa shape index (κ3) is 18.8. The summed E-state index contributed by atoms with van der Waals surface area (Å²) >= 11 is 0. The van der Waals surface area contributed by atoms with E-state index in [2.05, 4.69) is 51.3 Å². The second kappa shape index (κ2) is 29.1. The topological polar surface area (TPSA) is 120 Å². The van der Waals surface area contributed by atoms with Gasteiger partial charge in [0.05, 0.1) is 50.8 Å². The Balaban J connectivity index is 0.00000100. The zero-order valence-corrected chi connectivity index (χ0v) is 36.2. The summed E-state index contributed by atoms with van der Waals surface area (Å²) in [6, 6.07) is 7.33. The van der Waals surface area contributed by atoms with E-state index in [0.29, 0.717) is 85.3 Å². The van der Waals surface area contributed by atoms with Crippen LogP contribution >= 0.6 is 0 Å². The van der Waals surface area contributed by atoms with Gasteiger partial charge in [0.25, 0.3) is 0 Å². The van der Waals surface area contributed by atoms with Crippen molar-refractivity contribution in [3.8, 4) is 34.5 Å². The molecule has 0 aliphatic carbocycles. The Morgan fingerprint density at radius 3 is 0.792 bits per heavy atom. The number of unbranched alkanes of at least 4 members (excludes halogenated alkanes) is 6. The van der Waals surface area contributed by atoms with Crippen molar-refractivity contribution in [2.75, 3.05) is 39.6 Å². The maximum atomic E-state index is 11.3. The van der Waals surface area contributed by atoms with Gasteiger partial charge < -0.3 is 48.7 Å². The molecule has 0 bridgehead atoms. The van der Waals surface area contributed by atoms with E-state index in [0.717, 1.165) is 77.0 Å². The van der Waals surface area contributed by atoms with Gasteiger partial charge in [0, 0.05) is 23.3 Å². The van der Waals surface area contributed by atoms with Crippen LogP contribution in [0.3, 0.4) is 0 Å². The van der Waals surface area contributed by atoms with Crippen LogP contribution in [0.4, 0.5) is 0 Å². The third-order valence-electron chi connectivity index (χ3n) is 8.34. The molecule has 0 heterocycles. The normalized spacial score (nSPS) is 11.2. The van der Waals surface area contributed by atoms with Crippen molar-refractivity contribution in [1.82, 2.24) is 0 Å². The molecular weight excluding hydrogens is 712 g/mol. The van der Waals surface area contributed by atoms with E-state index in [9.17, 15) is 10.5 Å². The van der Waals surface area contributed by atoms with E-state index in [1.807, 2.05) is 24.3 Å². The van der Waals surface area contributed by atoms with Crippen LogP contribution in [-0.2, 0) is 42.7 Å². The van der Waals surface area contributed by atoms with Crippen molar-refractivity contribution >= 4 is 0 Å². The summed E-state index contributed by atoms with van der Waals surface area (Å²) in [5, 5.41) is 22.5. The Labute approximate surface area is 336 Å². The van der Waals surface area contributed by atoms with Gasteiger partial charge in [0.15, 0.2) is 23.0 Å². The van der Waals surface area contributed by atoms with Crippen LogP contribution in [0.25, 0.3) is 0 Å². The summed E-state index contributed by atoms with van der Waals surface area (Å²) in [4.78, 5) is 8.93. The third-order valence-corrected chi connectivity index (χ3v) is 8.34. The molecule has 2 aromatic carbocycles. The number of benzene rings is 2. The van der Waals surface area contributed by atoms with Crippen molar-refractivity contribution in [3.63, 3.8) is 0 Å². The maximum Gasteiger partial charge on any atom is 2.00 e. The van der Waals surface area contributed by atoms with Crippen LogP contribution in [0, 0.1) is 0 Å². The fourth-order valence-corrected chi connectivity index (χ4v) is 4.76. The van der Waals surface area contributed by atoms with Gasteiger partial charge in [0.2, 0.25) is 0 Å². The van der Waals surface area contributed by atoms with Crippen molar-refractivity contribution in [2.24, 2.45) is 0 Å². The number of hydrogen-bond acceptors (Lipinski definition) is 10. The number of rotatable bonds is 28. The zero-order chi connectivity index (χ0) is 38.8. The predicted molar refractivity (Wildman–Crippen MR) is 204 cm³/mol. The van der Waals surface area contributed by atoms with E-state index in [-0.39, 0.29) is 21.7 Å². The molecule has 0 aromatic heterocycles. The second-order valence-corrected chi connectivity index (χ2v) is 14.0. The maximum absolute atomic E-state index is 11.3. The molecule has 0 aliphatic rings. The average molecular weight is 783 g/mol. The fourth-order valence-electron chi connectivity index (χ4n) is 4.76. The SMILES string of the molecule is CCCCOc1cc(OCCCC)c(C(C)(C)O[O-])cc1OCCCC.CCCCOc1cc(OCCCC)c(C(C)(C)O[O-])cc1OCCCC.[Ti+2]. The van der Waals surface area contributed by atoms with Crippen molar-refractivity contribution in [3.05, 3.63) is 35.4 Å². The summed E-state index contributed by atoms with van der Waals surface area (Å²) in [7, 11) is 0. The largest absolute Gasteiger partial charge is 2.00 e. The number of ether oxygens (including phenoxy) is 6. The first kappa shape index (κ1) is 50.8. The second-order valence-electron chi connectivity index (χ2n) is 14.0. The Kier molecular flexibility index (Phi) is 27.9. The van der Waals surface area contributed by atoms with Gasteiger partial charge in [-0.3, -0.25) is 0 Å². The first-order chi connectivity index (χ1) is 25.0. The minimum Gasteiger partial charge on any atom is -0.723 e. The van der Waals surface area contributed by atoms with Gasteiger partial charge in [0.1, 0.15) is 11.5 Å². The average Bonchev–Trinajstić information content (AvgIpc) is 3.13. The minimum atomic E-state index is -1.02. The van der Waals surface area contributed by atoms with E-state index in [1.54, 1.807) is 27.7 Å². The zero-order valence-electron chi connectivity index (χ0n) is 34.6. The van der Waals surface area contributed by atoms with E-state index in [4.69, 9.17) is 28.4 Å². The van der Waals surface area contributed by atoms with Crippen molar-refractivity contribution < 1.29 is 70.4 Å². The van der Waals surface area contributed by atoms with Gasteiger partial charge in [-0.05, 0) is 78.4 Å². The first-order valence-electron chi connectivity index (χ1n) is 19.8. The molecule has 0 spiro atoms. The van der Waals surface area contributed by atoms with Crippen LogP contribution in [-0.4, -0.2) is 39.6 Å². The molecule has 0 fully saturated rings. The molecule has 2 rings (SSSR count). The molecule has 11 heteroatoms. The standard InChI is InChI=1S/2C21H36O5.Ti/c2*1-6-9-12-23-18-16-20(25-14-11-8-3)19(24-13-10-7-2)15-17(18)21(4,5)26-22;/h2*15-16,22H,6-14H2,1-5H3;/q;;+2/p-2. The van der Waals surface area contributed by atoms with Gasteiger partial charge in [-0.2, -0.15) is 0 Å². The van der Waals surface area contributed by atoms with Crippen molar-refractivity contribution in [2.45, 2.75) is 157 Å². The van der Waals surface area contributed by atoms with Gasteiger partial charge in [-0.15, -0.1) is 0 Å². The molecule has 0 saturated carbocycles. The fraction of sp³-hybridized carbons (Fsp3) is 0.714. The van der Waals surface area contributed by atoms with Gasteiger partial charge in [-0.25, -0.2) is 0 Å². The first-order valence-corrected chi connectivity index (χ1v) is 19.8. The molecule has 2 aromatic rings. The molecule has 0 amide bonds. The summed E-state index contributed by atoms with van der Waals surface area (Å²) in [5.41, 5.74) is -0.686. The van der Waals surface area contributed by atoms with Gasteiger partial charge >= 0.3 is 21.7 Å². The summed E-state index contributed by atoms with van der Waals surface area (Å²) in [5.74, 6) is 3.83. The molecule has 302 valence electrons. The van der Waals surface area contributed by atoms with Crippen molar-refractivity contribution in [1.29, 1.82) is 0 Å². The Bertz CT molecular complexity index is 1130. The van der Waals surface area contributed by atoms with E-state index in [1.165, 1.54) is 0 Å². The smallest absolute Gasteiger partial charge is 0.723 e. The molecule has 10 nitrogen and oxygen atoms in total. The van der Waals surface area contributed by atoms with E-state index >= 15 is 0 Å². The molecule has 0 radical (unpaired) electrons. The monoisotopic (exact) mass is 782 g/mol. The summed E-state index contributed by atoms with van der Waals surface area (Å²) in [6.07, 6.45) is 12.0.